The number of hydrogen-bond acceptors (Lipinski definition) is 5. The lowest BCUT2D eigenvalue weighted by Gasteiger charge is -2.43. The summed E-state index contributed by atoms with van der Waals surface area (Å²) in [6.45, 7) is 2.71. The first-order valence-electron chi connectivity index (χ1n) is 7.32. The number of nitrogens with one attached hydrogen (secondary N) is 1. The second-order valence-electron chi connectivity index (χ2n) is 5.55. The zero-order valence-corrected chi connectivity index (χ0v) is 12.5. The summed E-state index contributed by atoms with van der Waals surface area (Å²) in [6, 6.07) is 3.20. The van der Waals surface area contributed by atoms with Crippen LogP contribution >= 0.6 is 0 Å². The van der Waals surface area contributed by atoms with E-state index in [4.69, 9.17) is 9.47 Å². The highest BCUT2D eigenvalue weighted by atomic mass is 16.5. The molecule has 1 atom stereocenters. The SMILES string of the molecule is CNC(=O)c1ccc(C(=O)N2CCOCC23CCOC3)cn1. The van der Waals surface area contributed by atoms with Crippen LogP contribution in [0.4, 0.5) is 0 Å². The monoisotopic (exact) mass is 305 g/mol. The van der Waals surface area contributed by atoms with Crippen molar-refractivity contribution in [2.75, 3.05) is 40.0 Å². The number of carbonyl (C=O) groups excluding carboxylic acids is 2. The number of amides is 2. The Hall–Kier alpha value is -1.99. The number of nitrogens with zero attached hydrogens (tertiary/aromatic N) is 2. The lowest BCUT2D eigenvalue weighted by atomic mass is 9.95. The molecule has 0 aliphatic carbocycles. The van der Waals surface area contributed by atoms with Gasteiger partial charge in [0.2, 0.25) is 0 Å². The molecule has 2 aliphatic heterocycles. The fourth-order valence-electron chi connectivity index (χ4n) is 2.91. The van der Waals surface area contributed by atoms with Gasteiger partial charge in [-0.3, -0.25) is 14.6 Å². The average Bonchev–Trinajstić information content (AvgIpc) is 3.03. The Morgan fingerprint density at radius 3 is 2.68 bits per heavy atom. The van der Waals surface area contributed by atoms with Gasteiger partial charge >= 0.3 is 0 Å². The van der Waals surface area contributed by atoms with Crippen molar-refractivity contribution < 1.29 is 19.1 Å². The van der Waals surface area contributed by atoms with E-state index in [2.05, 4.69) is 10.3 Å². The van der Waals surface area contributed by atoms with Crippen LogP contribution in [0.2, 0.25) is 0 Å². The molecule has 3 rings (SSSR count). The summed E-state index contributed by atoms with van der Waals surface area (Å²) >= 11 is 0. The van der Waals surface area contributed by atoms with Crippen molar-refractivity contribution >= 4 is 11.8 Å². The van der Waals surface area contributed by atoms with E-state index in [0.717, 1.165) is 6.42 Å². The molecule has 1 N–H and O–H groups in total. The van der Waals surface area contributed by atoms with E-state index in [1.54, 1.807) is 19.2 Å². The third-order valence-electron chi connectivity index (χ3n) is 4.20. The molecule has 7 heteroatoms. The minimum Gasteiger partial charge on any atom is -0.379 e. The van der Waals surface area contributed by atoms with Gasteiger partial charge in [-0.2, -0.15) is 0 Å². The molecule has 1 aromatic rings. The molecule has 2 fully saturated rings. The Morgan fingerprint density at radius 1 is 1.27 bits per heavy atom. The summed E-state index contributed by atoms with van der Waals surface area (Å²) in [5.41, 5.74) is 0.398. The van der Waals surface area contributed by atoms with Gasteiger partial charge in [-0.05, 0) is 18.6 Å². The van der Waals surface area contributed by atoms with E-state index in [1.165, 1.54) is 6.20 Å². The van der Waals surface area contributed by atoms with Crippen molar-refractivity contribution in [1.82, 2.24) is 15.2 Å². The normalized spacial score (nSPS) is 24.5. The molecule has 7 nitrogen and oxygen atoms in total. The Morgan fingerprint density at radius 2 is 2.05 bits per heavy atom. The van der Waals surface area contributed by atoms with Gasteiger partial charge in [0, 0.05) is 26.4 Å². The molecular formula is C15H19N3O4. The van der Waals surface area contributed by atoms with Gasteiger partial charge in [-0.15, -0.1) is 0 Å². The van der Waals surface area contributed by atoms with Crippen LogP contribution in [-0.2, 0) is 9.47 Å². The van der Waals surface area contributed by atoms with Gasteiger partial charge in [0.15, 0.2) is 0 Å². The molecule has 0 bridgehead atoms. The van der Waals surface area contributed by atoms with Crippen LogP contribution in [0, 0.1) is 0 Å². The van der Waals surface area contributed by atoms with Gasteiger partial charge < -0.3 is 19.7 Å². The molecule has 2 amide bonds. The number of aromatic nitrogens is 1. The van der Waals surface area contributed by atoms with Crippen LogP contribution in [0.1, 0.15) is 27.3 Å². The highest BCUT2D eigenvalue weighted by Gasteiger charge is 2.45. The molecule has 1 spiro atoms. The van der Waals surface area contributed by atoms with E-state index in [0.29, 0.717) is 44.2 Å². The van der Waals surface area contributed by atoms with Crippen LogP contribution in [0.5, 0.6) is 0 Å². The third kappa shape index (κ3) is 2.57. The number of ether oxygens (including phenoxy) is 2. The summed E-state index contributed by atoms with van der Waals surface area (Å²) in [4.78, 5) is 30.2. The highest BCUT2D eigenvalue weighted by Crippen LogP contribution is 2.30. The van der Waals surface area contributed by atoms with Gasteiger partial charge in [0.05, 0.1) is 30.9 Å². The minimum absolute atomic E-state index is 0.0928. The summed E-state index contributed by atoms with van der Waals surface area (Å²) in [6.07, 6.45) is 2.23. The molecule has 0 saturated carbocycles. The highest BCUT2D eigenvalue weighted by molar-refractivity contribution is 5.96. The molecule has 2 aliphatic rings. The average molecular weight is 305 g/mol. The largest absolute Gasteiger partial charge is 0.379 e. The first kappa shape index (κ1) is 14.9. The maximum absolute atomic E-state index is 12.8. The summed E-state index contributed by atoms with van der Waals surface area (Å²) in [5.74, 6) is -0.365. The van der Waals surface area contributed by atoms with Crippen LogP contribution in [0.15, 0.2) is 18.3 Å². The van der Waals surface area contributed by atoms with Gasteiger partial charge in [-0.25, -0.2) is 0 Å². The number of carbonyl (C=O) groups is 2. The van der Waals surface area contributed by atoms with Crippen molar-refractivity contribution in [3.05, 3.63) is 29.6 Å². The topological polar surface area (TPSA) is 80.8 Å². The number of rotatable bonds is 2. The smallest absolute Gasteiger partial charge is 0.269 e. The van der Waals surface area contributed by atoms with Gasteiger partial charge in [-0.1, -0.05) is 0 Å². The quantitative estimate of drug-likeness (QED) is 0.836. The fraction of sp³-hybridized carbons (Fsp3) is 0.533. The molecule has 3 heterocycles. The number of pyridine rings is 1. The second-order valence-corrected chi connectivity index (χ2v) is 5.55. The first-order chi connectivity index (χ1) is 10.7. The zero-order chi connectivity index (χ0) is 15.6. The zero-order valence-electron chi connectivity index (χ0n) is 12.5. The molecule has 2 saturated heterocycles. The fourth-order valence-corrected chi connectivity index (χ4v) is 2.91. The molecule has 1 unspecified atom stereocenters. The van der Waals surface area contributed by atoms with Crippen molar-refractivity contribution in [3.8, 4) is 0 Å². The van der Waals surface area contributed by atoms with E-state index >= 15 is 0 Å². The Kier molecular flexibility index (Phi) is 4.08. The molecule has 22 heavy (non-hydrogen) atoms. The van der Waals surface area contributed by atoms with Crippen LogP contribution in [-0.4, -0.2) is 67.3 Å². The van der Waals surface area contributed by atoms with Crippen molar-refractivity contribution in [2.24, 2.45) is 0 Å². The third-order valence-corrected chi connectivity index (χ3v) is 4.20. The lowest BCUT2D eigenvalue weighted by molar-refractivity contribution is -0.0551. The Labute approximate surface area is 128 Å². The standard InChI is InChI=1S/C15H19N3O4/c1-16-13(19)12-3-2-11(8-17-12)14(20)18-5-7-22-10-15(18)4-6-21-9-15/h2-3,8H,4-7,9-10H2,1H3,(H,16,19). The van der Waals surface area contributed by atoms with Crippen LogP contribution in [0.3, 0.4) is 0 Å². The number of hydrogen-bond donors (Lipinski definition) is 1. The molecule has 0 aromatic carbocycles. The summed E-state index contributed by atoms with van der Waals surface area (Å²) in [5, 5.41) is 2.50. The van der Waals surface area contributed by atoms with Crippen molar-refractivity contribution in [1.29, 1.82) is 0 Å². The predicted octanol–water partition coefficient (Wildman–Crippen LogP) is 0.0727. The number of morpholine rings is 1. The van der Waals surface area contributed by atoms with E-state index in [9.17, 15) is 9.59 Å². The summed E-state index contributed by atoms with van der Waals surface area (Å²) < 4.78 is 11.0. The van der Waals surface area contributed by atoms with Crippen LogP contribution in [0.25, 0.3) is 0 Å². The van der Waals surface area contributed by atoms with Gasteiger partial charge in [0.1, 0.15) is 5.69 Å². The molecular weight excluding hydrogens is 286 g/mol. The summed E-state index contributed by atoms with van der Waals surface area (Å²) in [7, 11) is 1.54. The van der Waals surface area contributed by atoms with Crippen LogP contribution < -0.4 is 5.32 Å². The van der Waals surface area contributed by atoms with E-state index in [-0.39, 0.29) is 17.4 Å². The Bertz CT molecular complexity index is 567. The molecule has 1 aromatic heterocycles. The van der Waals surface area contributed by atoms with Crippen molar-refractivity contribution in [2.45, 2.75) is 12.0 Å². The lowest BCUT2D eigenvalue weighted by Crippen LogP contribution is -2.59. The maximum Gasteiger partial charge on any atom is 0.269 e. The van der Waals surface area contributed by atoms with E-state index < -0.39 is 0 Å². The predicted molar refractivity (Wildman–Crippen MR) is 77.6 cm³/mol. The Balaban J connectivity index is 1.81. The minimum atomic E-state index is -0.366. The first-order valence-corrected chi connectivity index (χ1v) is 7.32. The molecule has 118 valence electrons. The van der Waals surface area contributed by atoms with Crippen molar-refractivity contribution in [3.63, 3.8) is 0 Å². The second kappa shape index (κ2) is 6.02. The van der Waals surface area contributed by atoms with Gasteiger partial charge in [0.25, 0.3) is 11.8 Å². The maximum atomic E-state index is 12.8. The molecule has 0 radical (unpaired) electrons. The van der Waals surface area contributed by atoms with E-state index in [1.807, 2.05) is 4.90 Å².